The zero-order valence-corrected chi connectivity index (χ0v) is 17.8. The molecule has 0 atom stereocenters. The van der Waals surface area contributed by atoms with Crippen molar-refractivity contribution in [2.75, 3.05) is 11.1 Å². The largest absolute Gasteiger partial charge is 0.490 e. The summed E-state index contributed by atoms with van der Waals surface area (Å²) in [5.74, 6) is 0.158. The van der Waals surface area contributed by atoms with E-state index >= 15 is 0 Å². The zero-order valence-electron chi connectivity index (χ0n) is 17.8. The standard InChI is InChI=1S/C23H27N5O3/c1-3-14-11-25-23(26-12-14)28-15-7-9-16(10-8-15)31-18-6-4-5-17-20(18)21(24)19(22(29)30)13(2)27-17/h4-6,11-12,15-16H,3,7-10H2,1-2H3,(H2,24,27)(H,29,30)(H,25,26,28). The number of pyridine rings is 1. The first kappa shape index (κ1) is 20.8. The highest BCUT2D eigenvalue weighted by atomic mass is 16.5. The van der Waals surface area contributed by atoms with E-state index in [9.17, 15) is 9.90 Å². The molecule has 8 nitrogen and oxygen atoms in total. The van der Waals surface area contributed by atoms with Gasteiger partial charge in [0, 0.05) is 18.4 Å². The van der Waals surface area contributed by atoms with Gasteiger partial charge in [-0.1, -0.05) is 13.0 Å². The van der Waals surface area contributed by atoms with Crippen LogP contribution in [0.5, 0.6) is 5.75 Å². The van der Waals surface area contributed by atoms with E-state index in [1.807, 2.05) is 30.6 Å². The number of carboxylic acid groups (broad SMARTS) is 1. The van der Waals surface area contributed by atoms with Crippen molar-refractivity contribution in [3.05, 3.63) is 47.4 Å². The van der Waals surface area contributed by atoms with Gasteiger partial charge in [0.05, 0.1) is 28.4 Å². The summed E-state index contributed by atoms with van der Waals surface area (Å²) < 4.78 is 6.28. The lowest BCUT2D eigenvalue weighted by molar-refractivity contribution is 0.0697. The maximum atomic E-state index is 11.6. The summed E-state index contributed by atoms with van der Waals surface area (Å²) in [5, 5.41) is 13.5. The Balaban J connectivity index is 1.45. The van der Waals surface area contributed by atoms with Gasteiger partial charge in [0.15, 0.2) is 0 Å². The molecule has 3 aromatic rings. The quantitative estimate of drug-likeness (QED) is 0.546. The van der Waals surface area contributed by atoms with Crippen LogP contribution in [0.3, 0.4) is 0 Å². The molecular weight excluding hydrogens is 394 g/mol. The molecule has 162 valence electrons. The summed E-state index contributed by atoms with van der Waals surface area (Å²) >= 11 is 0. The predicted molar refractivity (Wildman–Crippen MR) is 120 cm³/mol. The Hall–Kier alpha value is -3.42. The lowest BCUT2D eigenvalue weighted by Gasteiger charge is -2.30. The number of rotatable bonds is 6. The Morgan fingerprint density at radius 2 is 1.94 bits per heavy atom. The van der Waals surface area contributed by atoms with E-state index in [-0.39, 0.29) is 17.4 Å². The second-order valence-corrected chi connectivity index (χ2v) is 7.95. The smallest absolute Gasteiger partial charge is 0.339 e. The molecule has 1 aliphatic carbocycles. The molecule has 8 heteroatoms. The van der Waals surface area contributed by atoms with Crippen LogP contribution in [-0.4, -0.2) is 38.2 Å². The molecule has 4 N–H and O–H groups in total. The number of anilines is 2. The van der Waals surface area contributed by atoms with E-state index < -0.39 is 5.97 Å². The number of nitrogens with two attached hydrogens (primary N) is 1. The fourth-order valence-corrected chi connectivity index (χ4v) is 4.11. The number of hydrogen-bond acceptors (Lipinski definition) is 7. The van der Waals surface area contributed by atoms with Gasteiger partial charge in [0.2, 0.25) is 5.95 Å². The number of aromatic nitrogens is 3. The van der Waals surface area contributed by atoms with Crippen LogP contribution in [0.2, 0.25) is 0 Å². The number of nitrogens with zero attached hydrogens (tertiary/aromatic N) is 3. The fraction of sp³-hybridized carbons (Fsp3) is 0.391. The third-order valence-electron chi connectivity index (χ3n) is 5.82. The summed E-state index contributed by atoms with van der Waals surface area (Å²) in [7, 11) is 0. The maximum absolute atomic E-state index is 11.6. The first-order valence-electron chi connectivity index (χ1n) is 10.6. The Morgan fingerprint density at radius 3 is 2.58 bits per heavy atom. The molecule has 0 unspecified atom stereocenters. The summed E-state index contributed by atoms with van der Waals surface area (Å²) in [5.41, 5.74) is 8.62. The van der Waals surface area contributed by atoms with E-state index in [4.69, 9.17) is 10.5 Å². The molecule has 1 aliphatic rings. The zero-order chi connectivity index (χ0) is 22.0. The van der Waals surface area contributed by atoms with Crippen molar-refractivity contribution in [1.82, 2.24) is 15.0 Å². The molecule has 1 fully saturated rings. The van der Waals surface area contributed by atoms with E-state index in [0.29, 0.717) is 34.3 Å². The summed E-state index contributed by atoms with van der Waals surface area (Å²) in [4.78, 5) is 24.8. The van der Waals surface area contributed by atoms with Crippen molar-refractivity contribution in [2.45, 2.75) is 58.1 Å². The number of fused-ring (bicyclic) bond motifs is 1. The topological polar surface area (TPSA) is 123 Å². The Bertz CT molecular complexity index is 1090. The predicted octanol–water partition coefficient (Wildman–Crippen LogP) is 3.98. The molecule has 1 saturated carbocycles. The molecule has 4 rings (SSSR count). The highest BCUT2D eigenvalue weighted by molar-refractivity contribution is 6.06. The number of hydrogen-bond donors (Lipinski definition) is 3. The van der Waals surface area contributed by atoms with Crippen molar-refractivity contribution in [1.29, 1.82) is 0 Å². The van der Waals surface area contributed by atoms with Crippen LogP contribution in [0.1, 0.15) is 54.2 Å². The van der Waals surface area contributed by atoms with Crippen molar-refractivity contribution in [3.8, 4) is 5.75 Å². The van der Waals surface area contributed by atoms with E-state index in [2.05, 4.69) is 27.2 Å². The lowest BCUT2D eigenvalue weighted by Crippen LogP contribution is -2.31. The van der Waals surface area contributed by atoms with Crippen LogP contribution >= 0.6 is 0 Å². The van der Waals surface area contributed by atoms with Crippen molar-refractivity contribution < 1.29 is 14.6 Å². The van der Waals surface area contributed by atoms with Gasteiger partial charge in [-0.15, -0.1) is 0 Å². The van der Waals surface area contributed by atoms with Crippen molar-refractivity contribution >= 4 is 28.5 Å². The normalized spacial score (nSPS) is 18.6. The first-order chi connectivity index (χ1) is 15.0. The minimum Gasteiger partial charge on any atom is -0.490 e. The second-order valence-electron chi connectivity index (χ2n) is 7.95. The Labute approximate surface area is 180 Å². The summed E-state index contributed by atoms with van der Waals surface area (Å²) in [6, 6.07) is 5.80. The average molecular weight is 422 g/mol. The third-order valence-corrected chi connectivity index (χ3v) is 5.82. The van der Waals surface area contributed by atoms with Gasteiger partial charge in [-0.2, -0.15) is 0 Å². The van der Waals surface area contributed by atoms with E-state index in [1.54, 1.807) is 6.92 Å². The number of aromatic carboxylic acids is 1. The van der Waals surface area contributed by atoms with Gasteiger partial charge < -0.3 is 20.9 Å². The number of carboxylic acids is 1. The number of benzene rings is 1. The van der Waals surface area contributed by atoms with Crippen LogP contribution in [0, 0.1) is 6.92 Å². The SMILES string of the molecule is CCc1cnc(NC2CCC(Oc3cccc4nc(C)c(C(=O)O)c(N)c34)CC2)nc1. The van der Waals surface area contributed by atoms with Gasteiger partial charge >= 0.3 is 5.97 Å². The van der Waals surface area contributed by atoms with Crippen LogP contribution in [0.15, 0.2) is 30.6 Å². The molecule has 31 heavy (non-hydrogen) atoms. The lowest BCUT2D eigenvalue weighted by atomic mass is 9.93. The Kier molecular flexibility index (Phi) is 5.88. The van der Waals surface area contributed by atoms with E-state index in [0.717, 1.165) is 37.7 Å². The van der Waals surface area contributed by atoms with Gasteiger partial charge in [0.25, 0.3) is 0 Å². The molecule has 0 aliphatic heterocycles. The minimum absolute atomic E-state index is 0.0287. The summed E-state index contributed by atoms with van der Waals surface area (Å²) in [6.45, 7) is 3.73. The highest BCUT2D eigenvalue weighted by Gasteiger charge is 2.25. The monoisotopic (exact) mass is 421 g/mol. The number of ether oxygens (including phenoxy) is 1. The Morgan fingerprint density at radius 1 is 1.23 bits per heavy atom. The summed E-state index contributed by atoms with van der Waals surface area (Å²) in [6.07, 6.45) is 8.26. The molecule has 1 aromatic carbocycles. The van der Waals surface area contributed by atoms with Gasteiger partial charge in [-0.3, -0.25) is 4.98 Å². The van der Waals surface area contributed by atoms with Gasteiger partial charge in [-0.05, 0) is 56.7 Å². The van der Waals surface area contributed by atoms with Gasteiger partial charge in [-0.25, -0.2) is 14.8 Å². The molecule has 2 heterocycles. The minimum atomic E-state index is -1.08. The molecule has 2 aromatic heterocycles. The van der Waals surface area contributed by atoms with Crippen molar-refractivity contribution in [2.24, 2.45) is 0 Å². The average Bonchev–Trinajstić information content (AvgIpc) is 2.75. The molecule has 0 bridgehead atoms. The number of carbonyl (C=O) groups is 1. The fourth-order valence-electron chi connectivity index (χ4n) is 4.11. The number of nitrogens with one attached hydrogen (secondary N) is 1. The first-order valence-corrected chi connectivity index (χ1v) is 10.6. The van der Waals surface area contributed by atoms with Crippen LogP contribution in [0.25, 0.3) is 10.9 Å². The molecular formula is C23H27N5O3. The third kappa shape index (κ3) is 4.38. The van der Waals surface area contributed by atoms with Crippen LogP contribution < -0.4 is 15.8 Å². The molecule has 0 amide bonds. The van der Waals surface area contributed by atoms with Gasteiger partial charge in [0.1, 0.15) is 11.3 Å². The number of nitrogen functional groups attached to an aromatic ring is 1. The number of aryl methyl sites for hydroxylation is 2. The maximum Gasteiger partial charge on any atom is 0.339 e. The van der Waals surface area contributed by atoms with E-state index in [1.165, 1.54) is 0 Å². The molecule has 0 spiro atoms. The van der Waals surface area contributed by atoms with Crippen LogP contribution in [0.4, 0.5) is 11.6 Å². The second kappa shape index (κ2) is 8.75. The molecule has 0 saturated heterocycles. The van der Waals surface area contributed by atoms with Crippen molar-refractivity contribution in [3.63, 3.8) is 0 Å². The van der Waals surface area contributed by atoms with Crippen LogP contribution in [-0.2, 0) is 6.42 Å². The molecule has 0 radical (unpaired) electrons. The highest BCUT2D eigenvalue weighted by Crippen LogP contribution is 2.35.